The summed E-state index contributed by atoms with van der Waals surface area (Å²) < 4.78 is 0. The third kappa shape index (κ3) is 3.55. The molecule has 2 aromatic heterocycles. The molecule has 0 saturated heterocycles. The van der Waals surface area contributed by atoms with Crippen LogP contribution in [0.25, 0.3) is 17.0 Å². The second kappa shape index (κ2) is 7.21. The number of fused-ring (bicyclic) bond motifs is 1. The molecule has 128 valence electrons. The van der Waals surface area contributed by atoms with Crippen molar-refractivity contribution >= 4 is 28.7 Å². The third-order valence-electron chi connectivity index (χ3n) is 4.41. The number of pyridine rings is 1. The van der Waals surface area contributed by atoms with Crippen molar-refractivity contribution in [2.45, 2.75) is 19.4 Å². The minimum atomic E-state index is -0.0473. The SMILES string of the molecule is CCC(c1c[nH]c2ccccc12)N(C)C(=O)C=Cc1ccc(N)nc1. The molecular formula is C20H22N4O. The number of anilines is 1. The van der Waals surface area contributed by atoms with Gasteiger partial charge in [0, 0.05) is 36.4 Å². The summed E-state index contributed by atoms with van der Waals surface area (Å²) in [5.74, 6) is 0.417. The van der Waals surface area contributed by atoms with E-state index in [1.165, 1.54) is 0 Å². The Labute approximate surface area is 147 Å². The van der Waals surface area contributed by atoms with Crippen LogP contribution in [0.5, 0.6) is 0 Å². The van der Waals surface area contributed by atoms with E-state index in [0.717, 1.165) is 28.5 Å². The van der Waals surface area contributed by atoms with Gasteiger partial charge in [-0.15, -0.1) is 0 Å². The van der Waals surface area contributed by atoms with Crippen LogP contribution in [0.1, 0.15) is 30.5 Å². The number of nitrogen functional groups attached to an aromatic ring is 1. The topological polar surface area (TPSA) is 75.0 Å². The number of nitrogens with two attached hydrogens (primary N) is 1. The number of para-hydroxylation sites is 1. The molecule has 3 N–H and O–H groups in total. The van der Waals surface area contributed by atoms with Crippen LogP contribution in [0.3, 0.4) is 0 Å². The van der Waals surface area contributed by atoms with Gasteiger partial charge in [-0.3, -0.25) is 4.79 Å². The fourth-order valence-corrected chi connectivity index (χ4v) is 3.03. The Balaban J connectivity index is 1.80. The summed E-state index contributed by atoms with van der Waals surface area (Å²) in [6, 6.07) is 11.7. The van der Waals surface area contributed by atoms with Crippen molar-refractivity contribution in [3.8, 4) is 0 Å². The van der Waals surface area contributed by atoms with E-state index in [4.69, 9.17) is 5.73 Å². The van der Waals surface area contributed by atoms with Gasteiger partial charge in [0.05, 0.1) is 6.04 Å². The smallest absolute Gasteiger partial charge is 0.246 e. The summed E-state index contributed by atoms with van der Waals surface area (Å²) in [4.78, 5) is 21.7. The number of benzene rings is 1. The highest BCUT2D eigenvalue weighted by Gasteiger charge is 2.21. The van der Waals surface area contributed by atoms with Gasteiger partial charge in [0.1, 0.15) is 5.82 Å². The summed E-state index contributed by atoms with van der Waals surface area (Å²) in [5, 5.41) is 1.15. The van der Waals surface area contributed by atoms with Gasteiger partial charge >= 0.3 is 0 Å². The van der Waals surface area contributed by atoms with E-state index in [0.29, 0.717) is 5.82 Å². The van der Waals surface area contributed by atoms with E-state index < -0.39 is 0 Å². The van der Waals surface area contributed by atoms with Crippen molar-refractivity contribution in [2.24, 2.45) is 0 Å². The molecule has 5 nitrogen and oxygen atoms in total. The molecule has 1 aromatic carbocycles. The molecule has 0 aliphatic rings. The summed E-state index contributed by atoms with van der Waals surface area (Å²) in [7, 11) is 1.84. The molecule has 0 saturated carbocycles. The Bertz CT molecular complexity index is 895. The van der Waals surface area contributed by atoms with Gasteiger partial charge in [-0.2, -0.15) is 0 Å². The maximum atomic E-state index is 12.6. The molecule has 2 heterocycles. The second-order valence-electron chi connectivity index (χ2n) is 6.01. The average Bonchev–Trinajstić information content (AvgIpc) is 3.05. The van der Waals surface area contributed by atoms with Crippen LogP contribution in [0, 0.1) is 0 Å². The highest BCUT2D eigenvalue weighted by atomic mass is 16.2. The zero-order valence-corrected chi connectivity index (χ0v) is 14.4. The second-order valence-corrected chi connectivity index (χ2v) is 6.01. The number of rotatable bonds is 5. The first-order valence-electron chi connectivity index (χ1n) is 8.32. The first-order chi connectivity index (χ1) is 12.1. The third-order valence-corrected chi connectivity index (χ3v) is 4.41. The van der Waals surface area contributed by atoms with E-state index in [2.05, 4.69) is 23.0 Å². The monoisotopic (exact) mass is 334 g/mol. The van der Waals surface area contributed by atoms with Crippen molar-refractivity contribution in [2.75, 3.05) is 12.8 Å². The summed E-state index contributed by atoms with van der Waals surface area (Å²) in [6.07, 6.45) is 7.81. The number of H-pyrrole nitrogens is 1. The number of amides is 1. The predicted octanol–water partition coefficient (Wildman–Crippen LogP) is 3.77. The van der Waals surface area contributed by atoms with E-state index >= 15 is 0 Å². The molecule has 0 bridgehead atoms. The molecule has 0 spiro atoms. The zero-order chi connectivity index (χ0) is 17.8. The summed E-state index contributed by atoms with van der Waals surface area (Å²) >= 11 is 0. The normalized spacial score (nSPS) is 12.6. The lowest BCUT2D eigenvalue weighted by molar-refractivity contribution is -0.126. The molecular weight excluding hydrogens is 312 g/mol. The van der Waals surface area contributed by atoms with E-state index in [9.17, 15) is 4.79 Å². The average molecular weight is 334 g/mol. The van der Waals surface area contributed by atoms with Crippen molar-refractivity contribution in [3.63, 3.8) is 0 Å². The maximum Gasteiger partial charge on any atom is 0.246 e. The minimum Gasteiger partial charge on any atom is -0.384 e. The summed E-state index contributed by atoms with van der Waals surface area (Å²) in [6.45, 7) is 2.09. The molecule has 1 atom stereocenters. The lowest BCUT2D eigenvalue weighted by atomic mass is 10.0. The van der Waals surface area contributed by atoms with Crippen LogP contribution in [0.2, 0.25) is 0 Å². The number of nitrogens with one attached hydrogen (secondary N) is 1. The molecule has 0 fully saturated rings. The molecule has 0 aliphatic heterocycles. The van der Waals surface area contributed by atoms with Gasteiger partial charge in [0.15, 0.2) is 0 Å². The van der Waals surface area contributed by atoms with E-state index in [1.54, 1.807) is 29.3 Å². The molecule has 3 rings (SSSR count). The number of carbonyl (C=O) groups excluding carboxylic acids is 1. The van der Waals surface area contributed by atoms with Crippen molar-refractivity contribution in [3.05, 3.63) is 66.0 Å². The highest BCUT2D eigenvalue weighted by Crippen LogP contribution is 2.30. The van der Waals surface area contributed by atoms with Crippen molar-refractivity contribution in [1.82, 2.24) is 14.9 Å². The molecule has 5 heteroatoms. The van der Waals surface area contributed by atoms with Crippen molar-refractivity contribution in [1.29, 1.82) is 0 Å². The first kappa shape index (κ1) is 16.8. The Morgan fingerprint density at radius 1 is 1.32 bits per heavy atom. The van der Waals surface area contributed by atoms with Crippen LogP contribution >= 0.6 is 0 Å². The molecule has 3 aromatic rings. The predicted molar refractivity (Wildman–Crippen MR) is 102 cm³/mol. The molecule has 0 radical (unpaired) electrons. The Morgan fingerprint density at radius 3 is 2.84 bits per heavy atom. The lowest BCUT2D eigenvalue weighted by Gasteiger charge is -2.26. The van der Waals surface area contributed by atoms with Gasteiger partial charge in [-0.05, 0) is 41.8 Å². The van der Waals surface area contributed by atoms with Crippen LogP contribution in [-0.4, -0.2) is 27.8 Å². The zero-order valence-electron chi connectivity index (χ0n) is 14.4. The van der Waals surface area contributed by atoms with E-state index in [1.807, 2.05) is 37.5 Å². The Hall–Kier alpha value is -3.08. The summed E-state index contributed by atoms with van der Waals surface area (Å²) in [5.41, 5.74) is 8.64. The standard InChI is InChI=1S/C20H22N4O/c1-3-18(16-13-22-17-7-5-4-6-15(16)17)24(2)20(25)11-9-14-8-10-19(21)23-12-14/h4-13,18,22H,3H2,1-2H3,(H2,21,23). The van der Waals surface area contributed by atoms with E-state index in [-0.39, 0.29) is 11.9 Å². The number of aromatic nitrogens is 2. The molecule has 25 heavy (non-hydrogen) atoms. The highest BCUT2D eigenvalue weighted by molar-refractivity contribution is 5.92. The molecule has 1 unspecified atom stereocenters. The fourth-order valence-electron chi connectivity index (χ4n) is 3.03. The number of hydrogen-bond acceptors (Lipinski definition) is 3. The van der Waals surface area contributed by atoms with Crippen LogP contribution in [0.4, 0.5) is 5.82 Å². The van der Waals surface area contributed by atoms with Gasteiger partial charge < -0.3 is 15.6 Å². The largest absolute Gasteiger partial charge is 0.384 e. The quantitative estimate of drug-likeness (QED) is 0.698. The van der Waals surface area contributed by atoms with Gasteiger partial charge in [0.2, 0.25) is 5.91 Å². The first-order valence-corrected chi connectivity index (χ1v) is 8.32. The Kier molecular flexibility index (Phi) is 4.84. The number of nitrogens with zero attached hydrogens (tertiary/aromatic N) is 2. The molecule has 0 aliphatic carbocycles. The number of carbonyl (C=O) groups is 1. The van der Waals surface area contributed by atoms with Crippen LogP contribution in [0.15, 0.2) is 54.9 Å². The van der Waals surface area contributed by atoms with Gasteiger partial charge in [-0.25, -0.2) is 4.98 Å². The Morgan fingerprint density at radius 2 is 2.12 bits per heavy atom. The van der Waals surface area contributed by atoms with Gasteiger partial charge in [0.25, 0.3) is 0 Å². The molecule has 1 amide bonds. The van der Waals surface area contributed by atoms with Gasteiger partial charge in [-0.1, -0.05) is 25.1 Å². The maximum absolute atomic E-state index is 12.6. The fraction of sp³-hybridized carbons (Fsp3) is 0.200. The lowest BCUT2D eigenvalue weighted by Crippen LogP contribution is -2.29. The van der Waals surface area contributed by atoms with Crippen LogP contribution in [-0.2, 0) is 4.79 Å². The van der Waals surface area contributed by atoms with Crippen LogP contribution < -0.4 is 5.73 Å². The number of aromatic amines is 1. The number of likely N-dealkylation sites (N-methyl/N-ethyl adjacent to an activating group) is 1. The number of hydrogen-bond donors (Lipinski definition) is 2. The van der Waals surface area contributed by atoms with Crippen molar-refractivity contribution < 1.29 is 4.79 Å². The minimum absolute atomic E-state index is 0.0119.